The number of ether oxygens (including phenoxy) is 3. The third-order valence-corrected chi connectivity index (χ3v) is 11.1. The molecule has 9 nitrogen and oxygen atoms in total. The molecule has 12 heteroatoms. The van der Waals surface area contributed by atoms with Gasteiger partial charge in [0.05, 0.1) is 25.6 Å². The van der Waals surface area contributed by atoms with Crippen molar-refractivity contribution in [3.05, 3.63) is 35.0 Å². The van der Waals surface area contributed by atoms with Crippen molar-refractivity contribution < 1.29 is 23.2 Å². The van der Waals surface area contributed by atoms with Gasteiger partial charge in [-0.1, -0.05) is 32.5 Å². The number of halogens is 1. The maximum atomic E-state index is 13.6. The summed E-state index contributed by atoms with van der Waals surface area (Å²) in [6, 6.07) is 0.997. The Kier molecular flexibility index (Phi) is 12.1. The van der Waals surface area contributed by atoms with Gasteiger partial charge in [0, 0.05) is 39.0 Å². The van der Waals surface area contributed by atoms with Crippen molar-refractivity contribution in [3.8, 4) is 0 Å². The molecule has 2 aromatic rings. The highest BCUT2D eigenvalue weighted by Crippen LogP contribution is 2.37. The van der Waals surface area contributed by atoms with Crippen molar-refractivity contribution in [3.63, 3.8) is 0 Å². The molecule has 0 aliphatic carbocycles. The first-order chi connectivity index (χ1) is 18.4. The molecule has 0 amide bonds. The lowest BCUT2D eigenvalue weighted by molar-refractivity contribution is -0.187. The summed E-state index contributed by atoms with van der Waals surface area (Å²) in [6.45, 7) is 18.1. The van der Waals surface area contributed by atoms with Crippen LogP contribution in [-0.4, -0.2) is 62.6 Å². The van der Waals surface area contributed by atoms with Crippen molar-refractivity contribution in [1.82, 2.24) is 18.8 Å². The third-order valence-electron chi connectivity index (χ3n) is 6.74. The van der Waals surface area contributed by atoms with Crippen molar-refractivity contribution in [1.29, 1.82) is 0 Å². The van der Waals surface area contributed by atoms with E-state index in [1.807, 2.05) is 27.0 Å². The van der Waals surface area contributed by atoms with Crippen molar-refractivity contribution in [2.24, 2.45) is 0 Å². The van der Waals surface area contributed by atoms with Crippen LogP contribution in [0.5, 0.6) is 0 Å². The van der Waals surface area contributed by atoms with Gasteiger partial charge in [0.15, 0.2) is 0 Å². The Balaban J connectivity index is 1.70. The maximum absolute atomic E-state index is 13.6. The molecule has 1 fully saturated rings. The number of imidazole rings is 1. The van der Waals surface area contributed by atoms with Gasteiger partial charge in [-0.3, -0.25) is 4.57 Å². The predicted octanol–water partition coefficient (Wildman–Crippen LogP) is 6.62. The summed E-state index contributed by atoms with van der Waals surface area (Å²) >= 11 is 2.48. The van der Waals surface area contributed by atoms with Crippen LogP contribution in [0.2, 0.25) is 25.7 Å². The molecule has 0 spiro atoms. The number of aromatic nitrogens is 3. The molecule has 1 aliphatic rings. The van der Waals surface area contributed by atoms with Crippen LogP contribution < -0.4 is 0 Å². The minimum Gasteiger partial charge on any atom is -0.597 e. The molecule has 0 aromatic carbocycles. The van der Waals surface area contributed by atoms with E-state index in [0.717, 1.165) is 48.8 Å². The van der Waals surface area contributed by atoms with Crippen LogP contribution in [0, 0.1) is 0 Å². The Morgan fingerprint density at radius 2 is 1.92 bits per heavy atom. The summed E-state index contributed by atoms with van der Waals surface area (Å²) in [4.78, 5) is 9.08. The average molecular weight is 648 g/mol. The molecule has 0 saturated carbocycles. The van der Waals surface area contributed by atoms with Crippen LogP contribution in [-0.2, 0) is 38.1 Å². The van der Waals surface area contributed by atoms with Crippen molar-refractivity contribution in [2.75, 3.05) is 26.4 Å². The highest BCUT2D eigenvalue weighted by atomic mass is 79.9. The van der Waals surface area contributed by atoms with E-state index in [4.69, 9.17) is 23.6 Å². The lowest BCUT2D eigenvalue weighted by atomic mass is 10.0. The van der Waals surface area contributed by atoms with Gasteiger partial charge in [-0.05, 0) is 62.5 Å². The number of unbranched alkanes of at least 4 members (excludes halogenated alkanes) is 2. The lowest BCUT2D eigenvalue weighted by Gasteiger charge is -2.36. The fourth-order valence-electron chi connectivity index (χ4n) is 4.62. The van der Waals surface area contributed by atoms with E-state index < -0.39 is 25.2 Å². The number of rotatable bonds is 16. The number of nitrogens with zero attached hydrogens (tertiary/aromatic N) is 4. The molecule has 2 aromatic heterocycles. The van der Waals surface area contributed by atoms with Crippen molar-refractivity contribution >= 4 is 35.4 Å². The zero-order chi connectivity index (χ0) is 28.7. The molecule has 2 atom stereocenters. The Labute approximate surface area is 246 Å². The maximum Gasteiger partial charge on any atom is 0.255 e. The van der Waals surface area contributed by atoms with Gasteiger partial charge in [-0.15, -0.1) is 4.31 Å². The van der Waals surface area contributed by atoms with E-state index in [1.165, 1.54) is 0 Å². The number of hydrogen-bond donors (Lipinski definition) is 0. The van der Waals surface area contributed by atoms with Gasteiger partial charge >= 0.3 is 0 Å². The van der Waals surface area contributed by atoms with Crippen molar-refractivity contribution in [2.45, 2.75) is 109 Å². The Morgan fingerprint density at radius 3 is 2.51 bits per heavy atom. The Morgan fingerprint density at radius 1 is 1.21 bits per heavy atom. The molecule has 3 heterocycles. The molecular weight excluding hydrogens is 600 g/mol. The largest absolute Gasteiger partial charge is 0.597 e. The molecule has 222 valence electrons. The third kappa shape index (κ3) is 9.13. The number of hydrogen-bond acceptors (Lipinski definition) is 8. The molecular formula is C27H47BrN4O5SSi. The molecule has 0 bridgehead atoms. The summed E-state index contributed by atoms with van der Waals surface area (Å²) in [7, 11) is -1.18. The van der Waals surface area contributed by atoms with Gasteiger partial charge in [0.25, 0.3) is 5.89 Å². The van der Waals surface area contributed by atoms with Gasteiger partial charge in [-0.25, -0.2) is 9.97 Å². The van der Waals surface area contributed by atoms with Crippen LogP contribution in [0.15, 0.2) is 27.7 Å². The molecule has 39 heavy (non-hydrogen) atoms. The van der Waals surface area contributed by atoms with Crippen LogP contribution in [0.1, 0.15) is 77.6 Å². The van der Waals surface area contributed by atoms with Crippen LogP contribution in [0.3, 0.4) is 0 Å². The van der Waals surface area contributed by atoms with Crippen LogP contribution >= 0.6 is 15.9 Å². The molecule has 1 saturated heterocycles. The zero-order valence-electron chi connectivity index (χ0n) is 24.7. The van der Waals surface area contributed by atoms with E-state index in [9.17, 15) is 4.55 Å². The normalized spacial score (nSPS) is 17.7. The van der Waals surface area contributed by atoms with Crippen LogP contribution in [0.4, 0.5) is 0 Å². The topological polar surface area (TPSA) is 97.8 Å². The standard InChI is InChI=1S/C27H47BrN4O5SSi/c1-8-32(38(33)26(2,3)4)22(24-30-20-23(28)31(24)21-34-18-19-39(5,6)7)12-10-9-11-13-27(36-16-17-37-27)25-29-14-15-35-25/h14-15,20,22H,8-13,16-19,21H2,1-7H3/t22-,38-/m1/s1. The molecule has 0 unspecified atom stereocenters. The summed E-state index contributed by atoms with van der Waals surface area (Å²) < 4.78 is 41.8. The average Bonchev–Trinajstić information content (AvgIpc) is 3.62. The first kappa shape index (κ1) is 32.8. The quantitative estimate of drug-likeness (QED) is 0.114. The van der Waals surface area contributed by atoms with Gasteiger partial charge in [-0.2, -0.15) is 0 Å². The highest BCUT2D eigenvalue weighted by Gasteiger charge is 2.43. The van der Waals surface area contributed by atoms with Gasteiger partial charge in [0.2, 0.25) is 5.79 Å². The lowest BCUT2D eigenvalue weighted by Crippen LogP contribution is -2.45. The predicted molar refractivity (Wildman–Crippen MR) is 160 cm³/mol. The van der Waals surface area contributed by atoms with Crippen LogP contribution in [0.25, 0.3) is 0 Å². The Bertz CT molecular complexity index is 989. The smallest absolute Gasteiger partial charge is 0.255 e. The monoisotopic (exact) mass is 646 g/mol. The van der Waals surface area contributed by atoms with Gasteiger partial charge < -0.3 is 23.2 Å². The fourth-order valence-corrected chi connectivity index (χ4v) is 7.13. The summed E-state index contributed by atoms with van der Waals surface area (Å²) in [5, 5.41) is 0. The second kappa shape index (κ2) is 14.4. The second-order valence-electron chi connectivity index (χ2n) is 12.2. The van der Waals surface area contributed by atoms with E-state index in [-0.39, 0.29) is 10.8 Å². The van der Waals surface area contributed by atoms with E-state index >= 15 is 0 Å². The Hall–Kier alpha value is -0.733. The van der Waals surface area contributed by atoms with E-state index in [0.29, 0.717) is 38.8 Å². The molecule has 3 rings (SSSR count). The van der Waals surface area contributed by atoms with E-state index in [1.54, 1.807) is 12.5 Å². The SMILES string of the molecule is CCN([C@H](CCCCCC1(c2ncco2)OCCO1)c1ncc(Br)n1COCC[Si](C)(C)C)[S@+]([O-])C(C)(C)C. The fraction of sp³-hybridized carbons (Fsp3) is 0.778. The second-order valence-corrected chi connectivity index (χ2v) is 20.8. The first-order valence-corrected chi connectivity index (χ1v) is 19.6. The zero-order valence-corrected chi connectivity index (χ0v) is 28.1. The minimum atomic E-state index is -1.19. The highest BCUT2D eigenvalue weighted by molar-refractivity contribution is 9.10. The first-order valence-electron chi connectivity index (χ1n) is 14.0. The summed E-state index contributed by atoms with van der Waals surface area (Å²) in [6.07, 6.45) is 9.28. The minimum absolute atomic E-state index is 0.110. The molecule has 1 aliphatic heterocycles. The molecule has 0 N–H and O–H groups in total. The molecule has 0 radical (unpaired) electrons. The summed E-state index contributed by atoms with van der Waals surface area (Å²) in [5.74, 6) is 0.477. The van der Waals surface area contributed by atoms with E-state index in [2.05, 4.69) is 56.4 Å². The number of oxazole rings is 1. The van der Waals surface area contributed by atoms with Gasteiger partial charge in [0.1, 0.15) is 34.2 Å². The summed E-state index contributed by atoms with van der Waals surface area (Å²) in [5.41, 5.74) is 0.